The number of hydrogen-bond donors (Lipinski definition) is 2. The average Bonchev–Trinajstić information content (AvgIpc) is 3.07. The van der Waals surface area contributed by atoms with Gasteiger partial charge >= 0.3 is 0 Å². The minimum absolute atomic E-state index is 0.0584. The van der Waals surface area contributed by atoms with E-state index < -0.39 is 5.54 Å². The molecule has 3 unspecified atom stereocenters. The van der Waals surface area contributed by atoms with Crippen LogP contribution in [0.15, 0.2) is 0 Å². The van der Waals surface area contributed by atoms with Gasteiger partial charge in [-0.25, -0.2) is 0 Å². The van der Waals surface area contributed by atoms with E-state index in [4.69, 9.17) is 15.2 Å². The second kappa shape index (κ2) is 5.75. The van der Waals surface area contributed by atoms with Gasteiger partial charge in [0.05, 0.1) is 12.2 Å². The maximum absolute atomic E-state index is 11.7. The molecule has 0 radical (unpaired) electrons. The molecule has 1 aliphatic carbocycles. The van der Waals surface area contributed by atoms with Gasteiger partial charge in [0.15, 0.2) is 0 Å². The Kier molecular flexibility index (Phi) is 4.45. The zero-order valence-electron chi connectivity index (χ0n) is 12.0. The summed E-state index contributed by atoms with van der Waals surface area (Å²) in [6.45, 7) is 4.02. The number of rotatable bonds is 7. The zero-order valence-corrected chi connectivity index (χ0v) is 12.0. The summed E-state index contributed by atoms with van der Waals surface area (Å²) >= 11 is 0. The highest BCUT2D eigenvalue weighted by Crippen LogP contribution is 2.24. The SMILES string of the molecule is COC1CN(CC(C)(NC2CC2)C(N)=O)CC1OC. The fourth-order valence-electron chi connectivity index (χ4n) is 2.72. The number of amides is 1. The molecule has 0 bridgehead atoms. The molecule has 3 N–H and O–H groups in total. The molecule has 0 aromatic rings. The van der Waals surface area contributed by atoms with Gasteiger partial charge in [0.2, 0.25) is 5.91 Å². The zero-order chi connectivity index (χ0) is 14.0. The summed E-state index contributed by atoms with van der Waals surface area (Å²) < 4.78 is 10.8. The van der Waals surface area contributed by atoms with Crippen molar-refractivity contribution in [1.82, 2.24) is 10.2 Å². The molecule has 2 aliphatic rings. The number of likely N-dealkylation sites (tertiary alicyclic amines) is 1. The predicted octanol–water partition coefficient (Wildman–Crippen LogP) is -0.672. The molecule has 1 saturated heterocycles. The van der Waals surface area contributed by atoms with Crippen LogP contribution < -0.4 is 11.1 Å². The van der Waals surface area contributed by atoms with Crippen LogP contribution in [0.25, 0.3) is 0 Å². The molecule has 6 nitrogen and oxygen atoms in total. The summed E-state index contributed by atoms with van der Waals surface area (Å²) in [7, 11) is 3.38. The van der Waals surface area contributed by atoms with Gasteiger partial charge in [0.25, 0.3) is 0 Å². The van der Waals surface area contributed by atoms with Gasteiger partial charge in [-0.05, 0) is 19.8 Å². The Balaban J connectivity index is 1.96. The molecule has 0 aromatic carbocycles. The normalized spacial score (nSPS) is 31.3. The highest BCUT2D eigenvalue weighted by molar-refractivity contribution is 5.84. The number of nitrogens with two attached hydrogens (primary N) is 1. The summed E-state index contributed by atoms with van der Waals surface area (Å²) in [5.74, 6) is -0.297. The van der Waals surface area contributed by atoms with Crippen molar-refractivity contribution in [2.24, 2.45) is 5.73 Å². The fourth-order valence-corrected chi connectivity index (χ4v) is 2.72. The third kappa shape index (κ3) is 3.45. The van der Waals surface area contributed by atoms with E-state index in [2.05, 4.69) is 10.2 Å². The molecule has 1 heterocycles. The first kappa shape index (κ1) is 14.7. The van der Waals surface area contributed by atoms with Crippen LogP contribution in [0.4, 0.5) is 0 Å². The molecule has 6 heteroatoms. The van der Waals surface area contributed by atoms with Crippen LogP contribution in [-0.2, 0) is 14.3 Å². The van der Waals surface area contributed by atoms with Crippen LogP contribution in [0.2, 0.25) is 0 Å². The van der Waals surface area contributed by atoms with Crippen molar-refractivity contribution in [3.63, 3.8) is 0 Å². The van der Waals surface area contributed by atoms with E-state index in [9.17, 15) is 4.79 Å². The first-order chi connectivity index (χ1) is 8.98. The standard InChI is InChI=1S/C13H25N3O3/c1-13(12(14)17,15-9-4-5-9)8-16-6-10(18-2)11(7-16)19-3/h9-11,15H,4-8H2,1-3H3,(H2,14,17). The van der Waals surface area contributed by atoms with Crippen LogP contribution in [-0.4, -0.2) is 68.4 Å². The topological polar surface area (TPSA) is 76.8 Å². The average molecular weight is 271 g/mol. The predicted molar refractivity (Wildman–Crippen MR) is 71.8 cm³/mol. The van der Waals surface area contributed by atoms with Crippen LogP contribution in [0.1, 0.15) is 19.8 Å². The monoisotopic (exact) mass is 271 g/mol. The highest BCUT2D eigenvalue weighted by atomic mass is 16.5. The first-order valence-corrected chi connectivity index (χ1v) is 6.84. The number of hydrogen-bond acceptors (Lipinski definition) is 5. The Morgan fingerprint density at radius 1 is 1.32 bits per heavy atom. The minimum atomic E-state index is -0.678. The minimum Gasteiger partial charge on any atom is -0.377 e. The molecular weight excluding hydrogens is 246 g/mol. The first-order valence-electron chi connectivity index (χ1n) is 6.84. The quantitative estimate of drug-likeness (QED) is 0.642. The van der Waals surface area contributed by atoms with E-state index in [1.807, 2.05) is 6.92 Å². The largest absolute Gasteiger partial charge is 0.377 e. The molecule has 1 amide bonds. The molecule has 19 heavy (non-hydrogen) atoms. The van der Waals surface area contributed by atoms with E-state index in [1.54, 1.807) is 14.2 Å². The van der Waals surface area contributed by atoms with E-state index >= 15 is 0 Å². The lowest BCUT2D eigenvalue weighted by Crippen LogP contribution is -2.60. The summed E-state index contributed by atoms with van der Waals surface area (Å²) in [5.41, 5.74) is 4.89. The molecule has 0 aromatic heterocycles. The number of methoxy groups -OCH3 is 2. The van der Waals surface area contributed by atoms with E-state index in [-0.39, 0.29) is 18.1 Å². The lowest BCUT2D eigenvalue weighted by Gasteiger charge is -2.32. The molecule has 2 rings (SSSR count). The van der Waals surface area contributed by atoms with Crippen LogP contribution in [0.5, 0.6) is 0 Å². The van der Waals surface area contributed by atoms with Crippen molar-refractivity contribution < 1.29 is 14.3 Å². The number of carbonyl (C=O) groups excluding carboxylic acids is 1. The summed E-state index contributed by atoms with van der Waals surface area (Å²) in [4.78, 5) is 13.9. The maximum atomic E-state index is 11.7. The Morgan fingerprint density at radius 3 is 2.21 bits per heavy atom. The summed E-state index contributed by atoms with van der Waals surface area (Å²) in [6.07, 6.45) is 2.38. The van der Waals surface area contributed by atoms with Crippen molar-refractivity contribution >= 4 is 5.91 Å². The maximum Gasteiger partial charge on any atom is 0.238 e. The van der Waals surface area contributed by atoms with Gasteiger partial charge in [0.1, 0.15) is 5.54 Å². The molecule has 1 aliphatic heterocycles. The van der Waals surface area contributed by atoms with Gasteiger partial charge in [-0.2, -0.15) is 0 Å². The Morgan fingerprint density at radius 2 is 1.84 bits per heavy atom. The van der Waals surface area contributed by atoms with Crippen molar-refractivity contribution in [2.45, 2.75) is 43.6 Å². The van der Waals surface area contributed by atoms with Gasteiger partial charge in [-0.15, -0.1) is 0 Å². The van der Waals surface area contributed by atoms with Crippen LogP contribution in [0, 0.1) is 0 Å². The van der Waals surface area contributed by atoms with Crippen molar-refractivity contribution in [1.29, 1.82) is 0 Å². The Bertz CT molecular complexity index is 323. The Hall–Kier alpha value is -0.690. The highest BCUT2D eigenvalue weighted by Gasteiger charge is 2.42. The lowest BCUT2D eigenvalue weighted by atomic mass is 10.0. The lowest BCUT2D eigenvalue weighted by molar-refractivity contribution is -0.124. The Labute approximate surface area is 114 Å². The fraction of sp³-hybridized carbons (Fsp3) is 0.923. The molecule has 2 fully saturated rings. The number of nitrogens with zero attached hydrogens (tertiary/aromatic N) is 1. The second-order valence-corrected chi connectivity index (χ2v) is 5.86. The number of primary amides is 1. The molecule has 0 spiro atoms. The number of carbonyl (C=O) groups is 1. The van der Waals surface area contributed by atoms with Crippen molar-refractivity contribution in [2.75, 3.05) is 33.9 Å². The molecule has 110 valence electrons. The molecule has 1 saturated carbocycles. The number of ether oxygens (including phenoxy) is 2. The molecule has 3 atom stereocenters. The van der Waals surface area contributed by atoms with Crippen LogP contribution >= 0.6 is 0 Å². The van der Waals surface area contributed by atoms with Gasteiger partial charge in [-0.1, -0.05) is 0 Å². The van der Waals surface area contributed by atoms with E-state index in [0.29, 0.717) is 12.6 Å². The van der Waals surface area contributed by atoms with Gasteiger partial charge in [-0.3, -0.25) is 15.0 Å². The van der Waals surface area contributed by atoms with E-state index in [0.717, 1.165) is 25.9 Å². The van der Waals surface area contributed by atoms with Crippen molar-refractivity contribution in [3.05, 3.63) is 0 Å². The third-order valence-corrected chi connectivity index (χ3v) is 4.08. The third-order valence-electron chi connectivity index (χ3n) is 4.08. The number of nitrogens with one attached hydrogen (secondary N) is 1. The summed E-state index contributed by atoms with van der Waals surface area (Å²) in [6, 6.07) is 0.441. The van der Waals surface area contributed by atoms with Crippen molar-refractivity contribution in [3.8, 4) is 0 Å². The summed E-state index contributed by atoms with van der Waals surface area (Å²) in [5, 5.41) is 3.36. The van der Waals surface area contributed by atoms with Gasteiger partial charge in [0, 0.05) is 39.9 Å². The van der Waals surface area contributed by atoms with Crippen LogP contribution in [0.3, 0.4) is 0 Å². The van der Waals surface area contributed by atoms with Gasteiger partial charge < -0.3 is 15.2 Å². The van der Waals surface area contributed by atoms with E-state index in [1.165, 1.54) is 0 Å². The second-order valence-electron chi connectivity index (χ2n) is 5.86. The smallest absolute Gasteiger partial charge is 0.238 e. The molecular formula is C13H25N3O3.